The van der Waals surface area contributed by atoms with Gasteiger partial charge in [0.15, 0.2) is 0 Å². The van der Waals surface area contributed by atoms with Crippen LogP contribution in [-0.4, -0.2) is 36.9 Å². The topological polar surface area (TPSA) is 58.6 Å². The van der Waals surface area contributed by atoms with E-state index in [-0.39, 0.29) is 24.2 Å². The highest BCUT2D eigenvalue weighted by Crippen LogP contribution is 2.22. The molecule has 1 fully saturated rings. The van der Waals surface area contributed by atoms with Crippen LogP contribution in [0, 0.1) is 5.92 Å². The number of amides is 2. The number of hydrogen-bond donors (Lipinski definition) is 1. The summed E-state index contributed by atoms with van der Waals surface area (Å²) in [5.74, 6) is 0.296. The normalized spacial score (nSPS) is 16.8. The van der Waals surface area contributed by atoms with Crippen LogP contribution in [0.2, 0.25) is 0 Å². The molecule has 130 valence electrons. The highest BCUT2D eigenvalue weighted by atomic mass is 16.5. The molecule has 1 atom stereocenters. The second-order valence-corrected chi connectivity index (χ2v) is 6.20. The maximum absolute atomic E-state index is 12.4. The average Bonchev–Trinajstić information content (AvgIpc) is 3.02. The number of nitrogens with one attached hydrogen (secondary N) is 1. The van der Waals surface area contributed by atoms with Crippen molar-refractivity contribution in [3.63, 3.8) is 0 Å². The van der Waals surface area contributed by atoms with Crippen molar-refractivity contribution in [3.05, 3.63) is 60.2 Å². The first-order valence-electron chi connectivity index (χ1n) is 8.42. The minimum atomic E-state index is -0.311. The Kier molecular flexibility index (Phi) is 5.33. The summed E-state index contributed by atoms with van der Waals surface area (Å²) in [4.78, 5) is 26.4. The first-order chi connectivity index (χ1) is 12.2. The first-order valence-corrected chi connectivity index (χ1v) is 8.42. The molecule has 1 N–H and O–H groups in total. The van der Waals surface area contributed by atoms with Crippen LogP contribution in [-0.2, 0) is 16.0 Å². The molecule has 0 aliphatic carbocycles. The fourth-order valence-electron chi connectivity index (χ4n) is 3.02. The lowest BCUT2D eigenvalue weighted by molar-refractivity contribution is -0.128. The van der Waals surface area contributed by atoms with E-state index in [1.807, 2.05) is 48.5 Å². The summed E-state index contributed by atoms with van der Waals surface area (Å²) < 4.78 is 5.16. The summed E-state index contributed by atoms with van der Waals surface area (Å²) in [7, 11) is 1.58. The predicted molar refractivity (Wildman–Crippen MR) is 96.5 cm³/mol. The number of nitrogens with zero attached hydrogens (tertiary/aromatic N) is 1. The number of carbonyl (C=O) groups is 2. The fourth-order valence-corrected chi connectivity index (χ4v) is 3.02. The van der Waals surface area contributed by atoms with E-state index in [0.29, 0.717) is 24.5 Å². The summed E-state index contributed by atoms with van der Waals surface area (Å²) in [5.41, 5.74) is 1.87. The Hall–Kier alpha value is -2.82. The largest absolute Gasteiger partial charge is 0.497 e. The molecule has 2 aromatic carbocycles. The van der Waals surface area contributed by atoms with Gasteiger partial charge in [0.05, 0.1) is 13.0 Å². The summed E-state index contributed by atoms with van der Waals surface area (Å²) in [5, 5.41) is 2.88. The van der Waals surface area contributed by atoms with Gasteiger partial charge in [-0.1, -0.05) is 36.4 Å². The lowest BCUT2D eigenvalue weighted by Gasteiger charge is -2.16. The van der Waals surface area contributed by atoms with Gasteiger partial charge >= 0.3 is 0 Å². The van der Waals surface area contributed by atoms with Gasteiger partial charge in [0.1, 0.15) is 5.75 Å². The lowest BCUT2D eigenvalue weighted by Crippen LogP contribution is -2.30. The van der Waals surface area contributed by atoms with Crippen molar-refractivity contribution in [2.45, 2.75) is 12.8 Å². The van der Waals surface area contributed by atoms with Gasteiger partial charge in [0, 0.05) is 31.3 Å². The minimum absolute atomic E-state index is 0.0433. The number of rotatable bonds is 6. The molecule has 1 saturated heterocycles. The summed E-state index contributed by atoms with van der Waals surface area (Å²) in [6, 6.07) is 17.3. The second kappa shape index (κ2) is 7.83. The molecule has 2 amide bonds. The van der Waals surface area contributed by atoms with Crippen LogP contribution in [0.3, 0.4) is 0 Å². The van der Waals surface area contributed by atoms with Crippen molar-refractivity contribution in [2.75, 3.05) is 25.5 Å². The maximum atomic E-state index is 12.4. The summed E-state index contributed by atoms with van der Waals surface area (Å²) in [6.45, 7) is 1.12. The number of carbonyl (C=O) groups excluding carboxylic acids is 2. The van der Waals surface area contributed by atoms with Crippen LogP contribution in [0.5, 0.6) is 5.75 Å². The van der Waals surface area contributed by atoms with Crippen LogP contribution < -0.4 is 10.1 Å². The van der Waals surface area contributed by atoms with Gasteiger partial charge < -0.3 is 15.0 Å². The van der Waals surface area contributed by atoms with Crippen molar-refractivity contribution < 1.29 is 14.3 Å². The number of likely N-dealkylation sites (tertiary alicyclic amines) is 1. The molecule has 0 saturated carbocycles. The molecule has 1 aliphatic rings. The highest BCUT2D eigenvalue weighted by molar-refractivity contribution is 5.97. The molecule has 0 radical (unpaired) electrons. The Morgan fingerprint density at radius 2 is 2.00 bits per heavy atom. The van der Waals surface area contributed by atoms with Gasteiger partial charge in [-0.25, -0.2) is 0 Å². The number of ether oxygens (including phenoxy) is 1. The zero-order valence-electron chi connectivity index (χ0n) is 14.3. The van der Waals surface area contributed by atoms with Crippen LogP contribution in [0.25, 0.3) is 0 Å². The van der Waals surface area contributed by atoms with Gasteiger partial charge in [0.25, 0.3) is 0 Å². The van der Waals surface area contributed by atoms with Crippen molar-refractivity contribution in [1.29, 1.82) is 0 Å². The molecule has 5 nitrogen and oxygen atoms in total. The number of methoxy groups -OCH3 is 1. The van der Waals surface area contributed by atoms with Gasteiger partial charge in [-0.3, -0.25) is 9.59 Å². The van der Waals surface area contributed by atoms with Crippen molar-refractivity contribution in [1.82, 2.24) is 4.90 Å². The Balaban J connectivity index is 1.55. The third-order valence-corrected chi connectivity index (χ3v) is 4.44. The van der Waals surface area contributed by atoms with Crippen LogP contribution in [0.15, 0.2) is 54.6 Å². The molecule has 5 heteroatoms. The van der Waals surface area contributed by atoms with Crippen LogP contribution in [0.4, 0.5) is 5.69 Å². The number of hydrogen-bond acceptors (Lipinski definition) is 3. The Bertz CT molecular complexity index is 746. The molecule has 2 aromatic rings. The van der Waals surface area contributed by atoms with E-state index in [1.165, 1.54) is 5.56 Å². The highest BCUT2D eigenvalue weighted by Gasteiger charge is 2.34. The molecular weight excluding hydrogens is 316 g/mol. The number of benzene rings is 2. The second-order valence-electron chi connectivity index (χ2n) is 6.20. The molecule has 1 aliphatic heterocycles. The lowest BCUT2D eigenvalue weighted by atomic mass is 10.1. The minimum Gasteiger partial charge on any atom is -0.497 e. The third-order valence-electron chi connectivity index (χ3n) is 4.44. The molecule has 0 spiro atoms. The zero-order chi connectivity index (χ0) is 17.6. The average molecular weight is 338 g/mol. The Morgan fingerprint density at radius 3 is 2.76 bits per heavy atom. The monoisotopic (exact) mass is 338 g/mol. The number of anilines is 1. The van der Waals surface area contributed by atoms with E-state index in [2.05, 4.69) is 5.32 Å². The molecule has 1 heterocycles. The molecule has 0 bridgehead atoms. The molecule has 25 heavy (non-hydrogen) atoms. The Morgan fingerprint density at radius 1 is 1.20 bits per heavy atom. The van der Waals surface area contributed by atoms with E-state index in [0.717, 1.165) is 6.42 Å². The van der Waals surface area contributed by atoms with Gasteiger partial charge in [-0.05, 0) is 24.1 Å². The van der Waals surface area contributed by atoms with E-state index >= 15 is 0 Å². The van der Waals surface area contributed by atoms with Crippen molar-refractivity contribution in [2.24, 2.45) is 5.92 Å². The summed E-state index contributed by atoms with van der Waals surface area (Å²) in [6.07, 6.45) is 1.07. The maximum Gasteiger partial charge on any atom is 0.229 e. The zero-order valence-corrected chi connectivity index (χ0v) is 14.3. The standard InChI is InChI=1S/C20H22N2O3/c1-25-18-9-5-8-17(13-18)21-20(24)16-12-19(23)22(14-16)11-10-15-6-3-2-4-7-15/h2-9,13,16H,10-12,14H2,1H3,(H,21,24). The first kappa shape index (κ1) is 17.0. The molecule has 0 aromatic heterocycles. The predicted octanol–water partition coefficient (Wildman–Crippen LogP) is 2.72. The molecular formula is C20H22N2O3. The van der Waals surface area contributed by atoms with Crippen LogP contribution in [0.1, 0.15) is 12.0 Å². The van der Waals surface area contributed by atoms with E-state index < -0.39 is 0 Å². The van der Waals surface area contributed by atoms with Crippen molar-refractivity contribution in [3.8, 4) is 5.75 Å². The van der Waals surface area contributed by atoms with Crippen molar-refractivity contribution >= 4 is 17.5 Å². The van der Waals surface area contributed by atoms with E-state index in [4.69, 9.17) is 4.74 Å². The van der Waals surface area contributed by atoms with E-state index in [1.54, 1.807) is 18.1 Å². The Labute approximate surface area is 147 Å². The smallest absolute Gasteiger partial charge is 0.229 e. The summed E-state index contributed by atoms with van der Waals surface area (Å²) >= 11 is 0. The van der Waals surface area contributed by atoms with Gasteiger partial charge in [-0.2, -0.15) is 0 Å². The molecule has 3 rings (SSSR count). The quantitative estimate of drug-likeness (QED) is 0.881. The third kappa shape index (κ3) is 4.38. The van der Waals surface area contributed by atoms with Gasteiger partial charge in [0.2, 0.25) is 11.8 Å². The van der Waals surface area contributed by atoms with Crippen LogP contribution >= 0.6 is 0 Å². The van der Waals surface area contributed by atoms with Gasteiger partial charge in [-0.15, -0.1) is 0 Å². The molecule has 1 unspecified atom stereocenters. The SMILES string of the molecule is COc1cccc(NC(=O)C2CC(=O)N(CCc3ccccc3)C2)c1. The fraction of sp³-hybridized carbons (Fsp3) is 0.300. The van der Waals surface area contributed by atoms with E-state index in [9.17, 15) is 9.59 Å².